The highest BCUT2D eigenvalue weighted by molar-refractivity contribution is 7.89. The van der Waals surface area contributed by atoms with Crippen LogP contribution >= 0.6 is 0 Å². The van der Waals surface area contributed by atoms with E-state index >= 15 is 0 Å². The van der Waals surface area contributed by atoms with Crippen molar-refractivity contribution in [3.05, 3.63) is 59.2 Å². The van der Waals surface area contributed by atoms with Gasteiger partial charge in [-0.1, -0.05) is 24.6 Å². The maximum absolute atomic E-state index is 13.0. The van der Waals surface area contributed by atoms with E-state index in [0.717, 1.165) is 37.8 Å². The number of aryl methyl sites for hydroxylation is 1. The van der Waals surface area contributed by atoms with Crippen LogP contribution in [0.1, 0.15) is 53.6 Å². The summed E-state index contributed by atoms with van der Waals surface area (Å²) in [5.41, 5.74) is 2.60. The van der Waals surface area contributed by atoms with Crippen molar-refractivity contribution in [2.45, 2.75) is 50.5 Å². The molecule has 32 heavy (non-hydrogen) atoms. The van der Waals surface area contributed by atoms with Crippen LogP contribution in [0.25, 0.3) is 0 Å². The van der Waals surface area contributed by atoms with Gasteiger partial charge in [0.25, 0.3) is 5.91 Å². The van der Waals surface area contributed by atoms with E-state index in [9.17, 15) is 18.0 Å². The first-order chi connectivity index (χ1) is 15.3. The molecule has 8 heteroatoms. The number of hydrogen-bond donors (Lipinski definition) is 1. The molecule has 0 bridgehead atoms. The third kappa shape index (κ3) is 4.86. The normalized spacial score (nSPS) is 17.5. The summed E-state index contributed by atoms with van der Waals surface area (Å²) in [7, 11) is -3.62. The minimum absolute atomic E-state index is 0.149. The highest BCUT2D eigenvalue weighted by Gasteiger charge is 2.27. The van der Waals surface area contributed by atoms with Gasteiger partial charge in [-0.3, -0.25) is 9.59 Å². The van der Waals surface area contributed by atoms with E-state index in [1.54, 1.807) is 25.1 Å². The lowest BCUT2D eigenvalue weighted by Crippen LogP contribution is -2.35. The number of piperidine rings is 1. The van der Waals surface area contributed by atoms with E-state index in [1.807, 2.05) is 23.1 Å². The first-order valence-corrected chi connectivity index (χ1v) is 12.6. The number of nitrogens with zero attached hydrogens (tertiary/aromatic N) is 2. The molecule has 0 aromatic heterocycles. The second-order valence-corrected chi connectivity index (χ2v) is 10.5. The second-order valence-electron chi connectivity index (χ2n) is 8.51. The van der Waals surface area contributed by atoms with Gasteiger partial charge in [0.15, 0.2) is 0 Å². The maximum atomic E-state index is 13.0. The molecule has 0 aliphatic carbocycles. The molecule has 2 aliphatic rings. The van der Waals surface area contributed by atoms with Gasteiger partial charge in [-0.2, -0.15) is 4.31 Å². The van der Waals surface area contributed by atoms with Crippen LogP contribution in [0.5, 0.6) is 0 Å². The molecule has 4 rings (SSSR count). The number of sulfonamides is 1. The third-order valence-electron chi connectivity index (χ3n) is 6.14. The van der Waals surface area contributed by atoms with Gasteiger partial charge in [0.2, 0.25) is 15.9 Å². The van der Waals surface area contributed by atoms with E-state index < -0.39 is 10.0 Å². The van der Waals surface area contributed by atoms with Crippen molar-refractivity contribution in [1.82, 2.24) is 9.21 Å². The minimum Gasteiger partial charge on any atom is -0.338 e. The third-order valence-corrected chi connectivity index (χ3v) is 8.03. The number of likely N-dealkylation sites (tertiary alicyclic amines) is 1. The zero-order valence-electron chi connectivity index (χ0n) is 18.3. The highest BCUT2D eigenvalue weighted by Crippen LogP contribution is 2.24. The fourth-order valence-electron chi connectivity index (χ4n) is 4.30. The number of hydrogen-bond acceptors (Lipinski definition) is 4. The van der Waals surface area contributed by atoms with Gasteiger partial charge < -0.3 is 10.2 Å². The highest BCUT2D eigenvalue weighted by atomic mass is 32.2. The number of anilines is 1. The Bertz CT molecular complexity index is 1120. The molecule has 1 N–H and O–H groups in total. The Kier molecular flexibility index (Phi) is 6.62. The summed E-state index contributed by atoms with van der Waals surface area (Å²) in [6, 6.07) is 12.1. The van der Waals surface area contributed by atoms with Crippen LogP contribution in [-0.2, 0) is 21.4 Å². The van der Waals surface area contributed by atoms with E-state index in [0.29, 0.717) is 42.9 Å². The van der Waals surface area contributed by atoms with Gasteiger partial charge in [0, 0.05) is 43.9 Å². The molecule has 2 heterocycles. The molecule has 0 unspecified atom stereocenters. The molecule has 0 atom stereocenters. The Morgan fingerprint density at radius 1 is 1.00 bits per heavy atom. The predicted molar refractivity (Wildman–Crippen MR) is 123 cm³/mol. The fraction of sp³-hybridized carbons (Fsp3) is 0.417. The largest absolute Gasteiger partial charge is 0.338 e. The summed E-state index contributed by atoms with van der Waals surface area (Å²) < 4.78 is 27.6. The topological polar surface area (TPSA) is 86.8 Å². The quantitative estimate of drug-likeness (QED) is 0.722. The van der Waals surface area contributed by atoms with Crippen LogP contribution in [0.2, 0.25) is 0 Å². The standard InChI is InChI=1S/C24H29N3O4S/c1-18-10-11-21(32(30,31)27-13-3-2-4-14-27)16-22(18)24(29)25-20-8-5-7-19(15-20)17-26-12-6-9-23(26)28/h5,7-8,10-11,15-16H,2-4,6,9,12-14,17H2,1H3,(H,25,29). The molecule has 2 saturated heterocycles. The second kappa shape index (κ2) is 9.42. The van der Waals surface area contributed by atoms with Crippen molar-refractivity contribution in [2.75, 3.05) is 25.0 Å². The summed E-state index contributed by atoms with van der Waals surface area (Å²) in [6.07, 6.45) is 4.23. The smallest absolute Gasteiger partial charge is 0.255 e. The first-order valence-electron chi connectivity index (χ1n) is 11.1. The zero-order chi connectivity index (χ0) is 22.7. The minimum atomic E-state index is -3.62. The van der Waals surface area contributed by atoms with Crippen molar-refractivity contribution in [3.8, 4) is 0 Å². The molecule has 0 radical (unpaired) electrons. The van der Waals surface area contributed by atoms with Crippen LogP contribution < -0.4 is 5.32 Å². The summed E-state index contributed by atoms with van der Waals surface area (Å²) in [5.74, 6) is -0.200. The molecule has 170 valence electrons. The molecule has 0 saturated carbocycles. The average molecular weight is 456 g/mol. The van der Waals surface area contributed by atoms with Crippen LogP contribution in [-0.4, -0.2) is 49.1 Å². The predicted octanol–water partition coefficient (Wildman–Crippen LogP) is 3.54. The van der Waals surface area contributed by atoms with Crippen molar-refractivity contribution in [2.24, 2.45) is 0 Å². The summed E-state index contributed by atoms with van der Waals surface area (Å²) >= 11 is 0. The number of nitrogens with one attached hydrogen (secondary N) is 1. The molecule has 2 amide bonds. The Hall–Kier alpha value is -2.71. The molecule has 0 spiro atoms. The Balaban J connectivity index is 1.52. The van der Waals surface area contributed by atoms with Crippen LogP contribution in [0.15, 0.2) is 47.4 Å². The lowest BCUT2D eigenvalue weighted by molar-refractivity contribution is -0.128. The average Bonchev–Trinajstić information content (AvgIpc) is 3.19. The Morgan fingerprint density at radius 2 is 1.78 bits per heavy atom. The zero-order valence-corrected chi connectivity index (χ0v) is 19.2. The molecule has 2 aromatic carbocycles. The van der Waals surface area contributed by atoms with Crippen LogP contribution in [0, 0.1) is 6.92 Å². The number of carbonyl (C=O) groups is 2. The van der Waals surface area contributed by atoms with E-state index in [4.69, 9.17) is 0 Å². The lowest BCUT2D eigenvalue weighted by atomic mass is 10.1. The van der Waals surface area contributed by atoms with E-state index in [2.05, 4.69) is 5.32 Å². The fourth-order valence-corrected chi connectivity index (χ4v) is 5.84. The molecule has 2 fully saturated rings. The molecular weight excluding hydrogens is 426 g/mol. The first kappa shape index (κ1) is 22.5. The Morgan fingerprint density at radius 3 is 2.50 bits per heavy atom. The van der Waals surface area contributed by atoms with Crippen LogP contribution in [0.3, 0.4) is 0 Å². The Labute approximate surface area is 189 Å². The van der Waals surface area contributed by atoms with Gasteiger partial charge in [0.1, 0.15) is 0 Å². The monoisotopic (exact) mass is 455 g/mol. The van der Waals surface area contributed by atoms with E-state index in [1.165, 1.54) is 10.4 Å². The van der Waals surface area contributed by atoms with Gasteiger partial charge in [0.05, 0.1) is 4.90 Å². The molecule has 2 aliphatic heterocycles. The van der Waals surface area contributed by atoms with Crippen LogP contribution in [0.4, 0.5) is 5.69 Å². The number of carbonyl (C=O) groups excluding carboxylic acids is 2. The SMILES string of the molecule is Cc1ccc(S(=O)(=O)N2CCCCC2)cc1C(=O)Nc1cccc(CN2CCCC2=O)c1. The number of benzene rings is 2. The number of amides is 2. The molecule has 2 aromatic rings. The van der Waals surface area contributed by atoms with Gasteiger partial charge >= 0.3 is 0 Å². The molecule has 7 nitrogen and oxygen atoms in total. The van der Waals surface area contributed by atoms with Gasteiger partial charge in [-0.25, -0.2) is 8.42 Å². The van der Waals surface area contributed by atoms with Crippen molar-refractivity contribution in [3.63, 3.8) is 0 Å². The maximum Gasteiger partial charge on any atom is 0.255 e. The lowest BCUT2D eigenvalue weighted by Gasteiger charge is -2.26. The number of rotatable bonds is 6. The molecular formula is C24H29N3O4S. The summed E-state index contributed by atoms with van der Waals surface area (Å²) in [6.45, 7) is 4.10. The van der Waals surface area contributed by atoms with Gasteiger partial charge in [-0.05, 0) is 61.6 Å². The van der Waals surface area contributed by atoms with Gasteiger partial charge in [-0.15, -0.1) is 0 Å². The summed E-state index contributed by atoms with van der Waals surface area (Å²) in [4.78, 5) is 26.9. The summed E-state index contributed by atoms with van der Waals surface area (Å²) in [5, 5.41) is 2.88. The van der Waals surface area contributed by atoms with Crippen molar-refractivity contribution >= 4 is 27.5 Å². The van der Waals surface area contributed by atoms with Crippen molar-refractivity contribution < 1.29 is 18.0 Å². The van der Waals surface area contributed by atoms with E-state index in [-0.39, 0.29) is 16.7 Å². The van der Waals surface area contributed by atoms with Crippen molar-refractivity contribution in [1.29, 1.82) is 0 Å².